The lowest BCUT2D eigenvalue weighted by Gasteiger charge is -2.24. The Morgan fingerprint density at radius 2 is 2.00 bits per heavy atom. The quantitative estimate of drug-likeness (QED) is 0.736. The minimum atomic E-state index is 0.567. The van der Waals surface area contributed by atoms with Crippen LogP contribution in [-0.2, 0) is 6.42 Å². The van der Waals surface area contributed by atoms with Crippen molar-refractivity contribution in [2.45, 2.75) is 46.1 Å². The van der Waals surface area contributed by atoms with E-state index in [1.54, 1.807) is 0 Å². The normalized spacial score (nSPS) is 15.2. The average Bonchev–Trinajstić information content (AvgIpc) is 2.59. The Bertz CT molecular complexity index is 356. The Labute approximate surface area is 92.3 Å². The highest BCUT2D eigenvalue weighted by molar-refractivity contribution is 5.57. The van der Waals surface area contributed by atoms with Crippen molar-refractivity contribution in [1.29, 1.82) is 0 Å². The molecule has 15 heavy (non-hydrogen) atoms. The molecule has 0 aromatic carbocycles. The summed E-state index contributed by atoms with van der Waals surface area (Å²) in [7, 11) is 0. The molecule has 0 amide bonds. The van der Waals surface area contributed by atoms with Crippen molar-refractivity contribution >= 4 is 5.69 Å². The van der Waals surface area contributed by atoms with Gasteiger partial charge in [-0.15, -0.1) is 0 Å². The van der Waals surface area contributed by atoms with Crippen molar-refractivity contribution in [2.24, 2.45) is 0 Å². The summed E-state index contributed by atoms with van der Waals surface area (Å²) >= 11 is 0. The summed E-state index contributed by atoms with van der Waals surface area (Å²) in [5.41, 5.74) is 3.98. The zero-order chi connectivity index (χ0) is 11.0. The molecule has 0 saturated carbocycles. The van der Waals surface area contributed by atoms with Gasteiger partial charge in [0.1, 0.15) is 0 Å². The van der Waals surface area contributed by atoms with Gasteiger partial charge in [0.25, 0.3) is 0 Å². The number of anilines is 1. The third-order valence-electron chi connectivity index (χ3n) is 3.16. The summed E-state index contributed by atoms with van der Waals surface area (Å²) in [6, 6.07) is 2.90. The number of aromatic nitrogens is 1. The SMILES string of the molecule is CC(C)c1cnc2c(c1)N(C(C)C)CC2. The van der Waals surface area contributed by atoms with Crippen molar-refractivity contribution in [3.05, 3.63) is 23.5 Å². The maximum absolute atomic E-state index is 4.57. The molecule has 2 heteroatoms. The fourth-order valence-corrected chi connectivity index (χ4v) is 2.14. The van der Waals surface area contributed by atoms with Gasteiger partial charge in [0.05, 0.1) is 11.4 Å². The molecule has 1 aromatic rings. The van der Waals surface area contributed by atoms with Crippen molar-refractivity contribution in [3.8, 4) is 0 Å². The van der Waals surface area contributed by atoms with E-state index in [2.05, 4.69) is 43.6 Å². The van der Waals surface area contributed by atoms with Gasteiger partial charge in [-0.3, -0.25) is 4.98 Å². The predicted octanol–water partition coefficient (Wildman–Crippen LogP) is 2.98. The zero-order valence-electron chi connectivity index (χ0n) is 10.1. The van der Waals surface area contributed by atoms with Crippen LogP contribution in [0.5, 0.6) is 0 Å². The first-order valence-corrected chi connectivity index (χ1v) is 5.85. The summed E-state index contributed by atoms with van der Waals surface area (Å²) < 4.78 is 0. The van der Waals surface area contributed by atoms with E-state index in [0.717, 1.165) is 13.0 Å². The molecule has 1 aliphatic heterocycles. The van der Waals surface area contributed by atoms with Gasteiger partial charge in [-0.1, -0.05) is 13.8 Å². The second-order valence-electron chi connectivity index (χ2n) is 4.93. The standard InChI is InChI=1S/C13H20N2/c1-9(2)11-7-13-12(14-8-11)5-6-15(13)10(3)4/h7-10H,5-6H2,1-4H3. The molecule has 1 aromatic heterocycles. The Morgan fingerprint density at radius 1 is 1.27 bits per heavy atom. The van der Waals surface area contributed by atoms with Gasteiger partial charge in [0, 0.05) is 25.2 Å². The highest BCUT2D eigenvalue weighted by Crippen LogP contribution is 2.30. The number of hydrogen-bond donors (Lipinski definition) is 0. The van der Waals surface area contributed by atoms with E-state index in [9.17, 15) is 0 Å². The molecule has 0 spiro atoms. The van der Waals surface area contributed by atoms with Crippen molar-refractivity contribution < 1.29 is 0 Å². The average molecular weight is 204 g/mol. The molecule has 0 bridgehead atoms. The van der Waals surface area contributed by atoms with E-state index in [4.69, 9.17) is 0 Å². The molecule has 2 heterocycles. The fraction of sp³-hybridized carbons (Fsp3) is 0.615. The third kappa shape index (κ3) is 1.85. The van der Waals surface area contributed by atoms with Crippen LogP contribution >= 0.6 is 0 Å². The summed E-state index contributed by atoms with van der Waals surface area (Å²) in [5, 5.41) is 0. The maximum Gasteiger partial charge on any atom is 0.0654 e. The highest BCUT2D eigenvalue weighted by Gasteiger charge is 2.22. The van der Waals surface area contributed by atoms with Gasteiger partial charge in [0.15, 0.2) is 0 Å². The molecule has 0 unspecified atom stereocenters. The summed E-state index contributed by atoms with van der Waals surface area (Å²) in [5.74, 6) is 0.567. The van der Waals surface area contributed by atoms with Gasteiger partial charge >= 0.3 is 0 Å². The van der Waals surface area contributed by atoms with E-state index in [-0.39, 0.29) is 0 Å². The van der Waals surface area contributed by atoms with Gasteiger partial charge in [-0.05, 0) is 31.4 Å². The van der Waals surface area contributed by atoms with E-state index >= 15 is 0 Å². The lowest BCUT2D eigenvalue weighted by molar-refractivity contribution is 0.709. The molecule has 0 radical (unpaired) electrons. The molecule has 0 saturated heterocycles. The van der Waals surface area contributed by atoms with Gasteiger partial charge < -0.3 is 4.90 Å². The molecular weight excluding hydrogens is 184 g/mol. The van der Waals surface area contributed by atoms with Crippen molar-refractivity contribution in [1.82, 2.24) is 4.98 Å². The molecular formula is C13H20N2. The van der Waals surface area contributed by atoms with Crippen LogP contribution in [0.4, 0.5) is 5.69 Å². The van der Waals surface area contributed by atoms with Crippen LogP contribution < -0.4 is 4.90 Å². The number of hydrogen-bond acceptors (Lipinski definition) is 2. The van der Waals surface area contributed by atoms with Crippen LogP contribution in [0.2, 0.25) is 0 Å². The highest BCUT2D eigenvalue weighted by atomic mass is 15.2. The minimum absolute atomic E-state index is 0.567. The van der Waals surface area contributed by atoms with E-state index in [1.807, 2.05) is 6.20 Å². The van der Waals surface area contributed by atoms with Crippen LogP contribution in [0.3, 0.4) is 0 Å². The number of fused-ring (bicyclic) bond motifs is 1. The predicted molar refractivity (Wildman–Crippen MR) is 64.5 cm³/mol. The van der Waals surface area contributed by atoms with Crippen LogP contribution in [0.15, 0.2) is 12.3 Å². The summed E-state index contributed by atoms with van der Waals surface area (Å²) in [6.07, 6.45) is 3.14. The second kappa shape index (κ2) is 3.84. The summed E-state index contributed by atoms with van der Waals surface area (Å²) in [6.45, 7) is 10.1. The zero-order valence-corrected chi connectivity index (χ0v) is 10.1. The molecule has 2 nitrogen and oxygen atoms in total. The largest absolute Gasteiger partial charge is 0.367 e. The summed E-state index contributed by atoms with van der Waals surface area (Å²) in [4.78, 5) is 7.02. The number of nitrogens with zero attached hydrogens (tertiary/aromatic N) is 2. The van der Waals surface area contributed by atoms with E-state index < -0.39 is 0 Å². The number of rotatable bonds is 2. The monoisotopic (exact) mass is 204 g/mol. The lowest BCUT2D eigenvalue weighted by atomic mass is 10.0. The lowest BCUT2D eigenvalue weighted by Crippen LogP contribution is -2.28. The Kier molecular flexibility index (Phi) is 2.68. The molecule has 0 N–H and O–H groups in total. The van der Waals surface area contributed by atoms with Crippen molar-refractivity contribution in [2.75, 3.05) is 11.4 Å². The first-order chi connectivity index (χ1) is 7.09. The fourth-order valence-electron chi connectivity index (χ4n) is 2.14. The van der Waals surface area contributed by atoms with E-state index in [0.29, 0.717) is 12.0 Å². The van der Waals surface area contributed by atoms with Gasteiger partial charge in [-0.2, -0.15) is 0 Å². The van der Waals surface area contributed by atoms with Gasteiger partial charge in [0.2, 0.25) is 0 Å². The van der Waals surface area contributed by atoms with Crippen LogP contribution in [-0.4, -0.2) is 17.6 Å². The first-order valence-electron chi connectivity index (χ1n) is 5.85. The van der Waals surface area contributed by atoms with Crippen molar-refractivity contribution in [3.63, 3.8) is 0 Å². The van der Waals surface area contributed by atoms with Crippen LogP contribution in [0.1, 0.15) is 44.9 Å². The minimum Gasteiger partial charge on any atom is -0.367 e. The van der Waals surface area contributed by atoms with Gasteiger partial charge in [-0.25, -0.2) is 0 Å². The topological polar surface area (TPSA) is 16.1 Å². The Balaban J connectivity index is 2.38. The Morgan fingerprint density at radius 3 is 2.60 bits per heavy atom. The molecule has 0 aliphatic carbocycles. The molecule has 82 valence electrons. The van der Waals surface area contributed by atoms with Crippen LogP contribution in [0.25, 0.3) is 0 Å². The molecule has 1 aliphatic rings. The van der Waals surface area contributed by atoms with Crippen LogP contribution in [0, 0.1) is 0 Å². The second-order valence-corrected chi connectivity index (χ2v) is 4.93. The maximum atomic E-state index is 4.57. The Hall–Kier alpha value is -1.05. The first kappa shape index (κ1) is 10.5. The smallest absolute Gasteiger partial charge is 0.0654 e. The third-order valence-corrected chi connectivity index (χ3v) is 3.16. The molecule has 2 rings (SSSR count). The molecule has 0 atom stereocenters. The van der Waals surface area contributed by atoms with E-state index in [1.165, 1.54) is 16.9 Å². The molecule has 0 fully saturated rings. The number of pyridine rings is 1.